The first-order valence-corrected chi connectivity index (χ1v) is 7.63. The van der Waals surface area contributed by atoms with Gasteiger partial charge in [0.2, 0.25) is 5.91 Å². The third kappa shape index (κ3) is 8.01. The van der Waals surface area contributed by atoms with Crippen molar-refractivity contribution >= 4 is 12.2 Å². The molecule has 0 spiro atoms. The number of benzene rings is 1. The fraction of sp³-hybridized carbons (Fsp3) is 0.444. The zero-order chi connectivity index (χ0) is 17.1. The van der Waals surface area contributed by atoms with Crippen LogP contribution < -0.4 is 10.1 Å². The van der Waals surface area contributed by atoms with Crippen molar-refractivity contribution in [2.24, 2.45) is 0 Å². The fourth-order valence-corrected chi connectivity index (χ4v) is 2.08. The van der Waals surface area contributed by atoms with Gasteiger partial charge in [0, 0.05) is 18.9 Å². The van der Waals surface area contributed by atoms with Crippen molar-refractivity contribution in [2.75, 3.05) is 6.61 Å². The smallest absolute Gasteiger partial charge is 0.220 e. The van der Waals surface area contributed by atoms with Crippen molar-refractivity contribution in [3.63, 3.8) is 0 Å². The summed E-state index contributed by atoms with van der Waals surface area (Å²) in [6.07, 6.45) is 8.57. The summed E-state index contributed by atoms with van der Waals surface area (Å²) in [5, 5.41) is 2.57. The molecular formula is C18H22FNO3. The van der Waals surface area contributed by atoms with Gasteiger partial charge in [-0.1, -0.05) is 0 Å². The molecule has 1 unspecified atom stereocenters. The van der Waals surface area contributed by atoms with E-state index in [1.165, 1.54) is 12.1 Å². The average Bonchev–Trinajstić information content (AvgIpc) is 2.49. The topological polar surface area (TPSA) is 55.4 Å². The van der Waals surface area contributed by atoms with Crippen LogP contribution in [-0.2, 0) is 9.59 Å². The van der Waals surface area contributed by atoms with Gasteiger partial charge < -0.3 is 14.8 Å². The van der Waals surface area contributed by atoms with Crippen molar-refractivity contribution in [3.8, 4) is 18.1 Å². The Morgan fingerprint density at radius 1 is 1.39 bits per heavy atom. The van der Waals surface area contributed by atoms with Crippen molar-refractivity contribution in [2.45, 2.75) is 45.1 Å². The Morgan fingerprint density at radius 3 is 2.83 bits per heavy atom. The Kier molecular flexibility index (Phi) is 8.45. The predicted molar refractivity (Wildman–Crippen MR) is 86.5 cm³/mol. The standard InChI is InChI=1S/C18H22FNO3/c1-3-7-16(13-21)20-18(22)8-5-4-6-9-23-17-11-14(2)10-15(19)12-17/h1,10-13,16H,4-9H2,2H3,(H,20,22). The molecule has 1 aromatic rings. The molecule has 23 heavy (non-hydrogen) atoms. The third-order valence-electron chi connectivity index (χ3n) is 3.18. The number of hydrogen-bond acceptors (Lipinski definition) is 3. The molecule has 1 atom stereocenters. The van der Waals surface area contributed by atoms with Gasteiger partial charge in [0.05, 0.1) is 12.6 Å². The minimum absolute atomic E-state index is 0.181. The highest BCUT2D eigenvalue weighted by Crippen LogP contribution is 2.16. The van der Waals surface area contributed by atoms with Gasteiger partial charge in [-0.25, -0.2) is 4.39 Å². The Labute approximate surface area is 136 Å². The van der Waals surface area contributed by atoms with E-state index in [0.29, 0.717) is 31.5 Å². The number of carbonyl (C=O) groups is 2. The predicted octanol–water partition coefficient (Wildman–Crippen LogP) is 2.78. The lowest BCUT2D eigenvalue weighted by Gasteiger charge is -2.10. The van der Waals surface area contributed by atoms with Crippen LogP contribution in [0.3, 0.4) is 0 Å². The zero-order valence-corrected chi connectivity index (χ0v) is 13.3. The second kappa shape index (κ2) is 10.4. The molecule has 1 aromatic carbocycles. The fourth-order valence-electron chi connectivity index (χ4n) is 2.08. The first kappa shape index (κ1) is 18.7. The molecule has 1 N–H and O–H groups in total. The van der Waals surface area contributed by atoms with E-state index in [0.717, 1.165) is 18.4 Å². The molecule has 1 rings (SSSR count). The lowest BCUT2D eigenvalue weighted by molar-refractivity contribution is -0.124. The van der Waals surface area contributed by atoms with E-state index >= 15 is 0 Å². The van der Waals surface area contributed by atoms with Gasteiger partial charge in [0.1, 0.15) is 17.9 Å². The summed E-state index contributed by atoms with van der Waals surface area (Å²) in [6, 6.07) is 3.97. The van der Waals surface area contributed by atoms with E-state index in [9.17, 15) is 14.0 Å². The highest BCUT2D eigenvalue weighted by atomic mass is 19.1. The molecule has 0 aromatic heterocycles. The number of hydrogen-bond donors (Lipinski definition) is 1. The van der Waals surface area contributed by atoms with Gasteiger partial charge in [0.15, 0.2) is 0 Å². The van der Waals surface area contributed by atoms with E-state index < -0.39 is 6.04 Å². The molecule has 0 radical (unpaired) electrons. The van der Waals surface area contributed by atoms with Gasteiger partial charge in [-0.05, 0) is 43.9 Å². The molecule has 1 amide bonds. The Hall–Kier alpha value is -2.35. The minimum atomic E-state index is -0.605. The lowest BCUT2D eigenvalue weighted by Crippen LogP contribution is -2.35. The number of nitrogens with one attached hydrogen (secondary N) is 1. The van der Waals surface area contributed by atoms with Crippen molar-refractivity contribution in [1.82, 2.24) is 5.32 Å². The van der Waals surface area contributed by atoms with Crippen LogP contribution in [0.4, 0.5) is 4.39 Å². The van der Waals surface area contributed by atoms with E-state index in [2.05, 4.69) is 11.2 Å². The molecule has 0 aliphatic carbocycles. The van der Waals surface area contributed by atoms with Crippen LogP contribution in [0.2, 0.25) is 0 Å². The van der Waals surface area contributed by atoms with Crippen LogP contribution >= 0.6 is 0 Å². The van der Waals surface area contributed by atoms with Gasteiger partial charge in [0.25, 0.3) is 0 Å². The number of aldehydes is 1. The molecule has 0 fully saturated rings. The molecular weight excluding hydrogens is 297 g/mol. The lowest BCUT2D eigenvalue weighted by atomic mass is 10.1. The number of aryl methyl sites for hydroxylation is 1. The molecule has 0 saturated heterocycles. The SMILES string of the molecule is C#CCC(C=O)NC(=O)CCCCCOc1cc(C)cc(F)c1. The van der Waals surface area contributed by atoms with Gasteiger partial charge in [-0.15, -0.1) is 12.3 Å². The number of rotatable bonds is 10. The third-order valence-corrected chi connectivity index (χ3v) is 3.18. The summed E-state index contributed by atoms with van der Waals surface area (Å²) >= 11 is 0. The van der Waals surface area contributed by atoms with Crippen molar-refractivity contribution in [1.29, 1.82) is 0 Å². The average molecular weight is 319 g/mol. The summed E-state index contributed by atoms with van der Waals surface area (Å²) in [6.45, 7) is 2.28. The molecule has 0 bridgehead atoms. The second-order valence-electron chi connectivity index (χ2n) is 5.34. The number of amides is 1. The minimum Gasteiger partial charge on any atom is -0.493 e. The van der Waals surface area contributed by atoms with E-state index in [1.807, 2.05) is 0 Å². The van der Waals surface area contributed by atoms with Gasteiger partial charge >= 0.3 is 0 Å². The maximum absolute atomic E-state index is 13.2. The van der Waals surface area contributed by atoms with Crippen LogP contribution in [0, 0.1) is 25.1 Å². The highest BCUT2D eigenvalue weighted by molar-refractivity contribution is 5.79. The number of ether oxygens (including phenoxy) is 1. The van der Waals surface area contributed by atoms with Crippen LogP contribution in [0.15, 0.2) is 18.2 Å². The largest absolute Gasteiger partial charge is 0.493 e. The van der Waals surface area contributed by atoms with Crippen LogP contribution in [-0.4, -0.2) is 24.8 Å². The molecule has 0 saturated carbocycles. The van der Waals surface area contributed by atoms with Crippen LogP contribution in [0.1, 0.15) is 37.7 Å². The summed E-state index contributed by atoms with van der Waals surface area (Å²) in [5.74, 6) is 2.37. The number of carbonyl (C=O) groups excluding carboxylic acids is 2. The first-order valence-electron chi connectivity index (χ1n) is 7.63. The summed E-state index contributed by atoms with van der Waals surface area (Å²) < 4.78 is 18.7. The Morgan fingerprint density at radius 2 is 2.17 bits per heavy atom. The van der Waals surface area contributed by atoms with E-state index in [-0.39, 0.29) is 18.1 Å². The van der Waals surface area contributed by atoms with Crippen LogP contribution in [0.25, 0.3) is 0 Å². The summed E-state index contributed by atoms with van der Waals surface area (Å²) in [5.41, 5.74) is 0.813. The maximum Gasteiger partial charge on any atom is 0.220 e. The monoisotopic (exact) mass is 319 g/mol. The summed E-state index contributed by atoms with van der Waals surface area (Å²) in [7, 11) is 0. The molecule has 124 valence electrons. The molecule has 5 heteroatoms. The summed E-state index contributed by atoms with van der Waals surface area (Å²) in [4.78, 5) is 22.3. The van der Waals surface area contributed by atoms with Crippen molar-refractivity contribution < 1.29 is 18.7 Å². The Balaban J connectivity index is 2.14. The number of halogens is 1. The highest BCUT2D eigenvalue weighted by Gasteiger charge is 2.09. The molecule has 0 aliphatic heterocycles. The first-order chi connectivity index (χ1) is 11.0. The maximum atomic E-state index is 13.2. The molecule has 0 aliphatic rings. The normalized spacial score (nSPS) is 11.3. The molecule has 4 nitrogen and oxygen atoms in total. The quantitative estimate of drug-likeness (QED) is 0.410. The van der Waals surface area contributed by atoms with E-state index in [1.54, 1.807) is 13.0 Å². The zero-order valence-electron chi connectivity index (χ0n) is 13.3. The number of terminal acetylenes is 1. The van der Waals surface area contributed by atoms with Gasteiger partial charge in [-0.3, -0.25) is 4.79 Å². The molecule has 0 heterocycles. The number of unbranched alkanes of at least 4 members (excludes halogenated alkanes) is 2. The van der Waals surface area contributed by atoms with Crippen molar-refractivity contribution in [3.05, 3.63) is 29.6 Å². The second-order valence-corrected chi connectivity index (χ2v) is 5.34. The van der Waals surface area contributed by atoms with Gasteiger partial charge in [-0.2, -0.15) is 0 Å². The van der Waals surface area contributed by atoms with E-state index in [4.69, 9.17) is 11.2 Å². The van der Waals surface area contributed by atoms with Crippen LogP contribution in [0.5, 0.6) is 5.75 Å². The Bertz CT molecular complexity index is 546.